The molecule has 1 heterocycles. The summed E-state index contributed by atoms with van der Waals surface area (Å²) in [5.41, 5.74) is 10.5. The predicted octanol–water partition coefficient (Wildman–Crippen LogP) is 4.21. The molecule has 2 atom stereocenters. The van der Waals surface area contributed by atoms with Gasteiger partial charge in [-0.1, -0.05) is 65.7 Å². The molecule has 1 saturated heterocycles. The molecule has 0 aliphatic carbocycles. The number of nitrogens with one attached hydrogen (secondary N) is 3. The zero-order valence-electron chi connectivity index (χ0n) is 16.2. The summed E-state index contributed by atoms with van der Waals surface area (Å²) in [4.78, 5) is 12.6. The smallest absolute Gasteiger partial charge is 0.258 e. The second-order valence-corrected chi connectivity index (χ2v) is 7.69. The number of carbonyl (C=O) groups is 1. The first-order chi connectivity index (χ1) is 14.6. The maximum atomic E-state index is 12.6. The summed E-state index contributed by atoms with van der Waals surface area (Å²) in [6, 6.07) is 16.8. The number of carbonyl (C=O) groups excluding carboxylic acids is 1. The number of fused-ring (bicyclic) bond motifs is 1. The highest BCUT2D eigenvalue weighted by Gasteiger charge is 2.32. The topological polar surface area (TPSA) is 74.8 Å². The van der Waals surface area contributed by atoms with Crippen molar-refractivity contribution in [2.24, 2.45) is 5.10 Å². The van der Waals surface area contributed by atoms with Crippen molar-refractivity contribution in [3.8, 4) is 5.75 Å². The van der Waals surface area contributed by atoms with Crippen LogP contribution in [0.1, 0.15) is 23.6 Å². The lowest BCUT2D eigenvalue weighted by Gasteiger charge is -2.17. The molecule has 1 aliphatic heterocycles. The van der Waals surface area contributed by atoms with Crippen molar-refractivity contribution in [3.05, 3.63) is 75.8 Å². The summed E-state index contributed by atoms with van der Waals surface area (Å²) in [5, 5.41) is 7.04. The highest BCUT2D eigenvalue weighted by atomic mass is 35.5. The van der Waals surface area contributed by atoms with Crippen LogP contribution in [0.2, 0.25) is 10.0 Å². The van der Waals surface area contributed by atoms with Gasteiger partial charge in [0, 0.05) is 11.1 Å². The van der Waals surface area contributed by atoms with Crippen LogP contribution in [0, 0.1) is 0 Å². The van der Waals surface area contributed by atoms with E-state index in [2.05, 4.69) is 33.5 Å². The SMILES string of the molecule is COc1ccc2ccccc2c1C1CC(C(=O)N/N=C/c2cccc(Cl)c2Cl)NN1. The summed E-state index contributed by atoms with van der Waals surface area (Å²) in [6.45, 7) is 0. The summed E-state index contributed by atoms with van der Waals surface area (Å²) >= 11 is 12.1. The third-order valence-electron chi connectivity index (χ3n) is 5.08. The van der Waals surface area contributed by atoms with E-state index in [1.54, 1.807) is 25.3 Å². The third-order valence-corrected chi connectivity index (χ3v) is 5.91. The molecular weight excluding hydrogens is 423 g/mol. The van der Waals surface area contributed by atoms with Crippen LogP contribution < -0.4 is 21.0 Å². The Bertz CT molecular complexity index is 1120. The van der Waals surface area contributed by atoms with Gasteiger partial charge >= 0.3 is 0 Å². The van der Waals surface area contributed by atoms with Crippen molar-refractivity contribution in [2.75, 3.05) is 7.11 Å². The average molecular weight is 443 g/mol. The standard InChI is InChI=1S/C22H20Cl2N4O2/c1-30-19-10-9-13-5-2-3-7-15(13)20(19)17-11-18(27-26-17)22(29)28-25-12-14-6-4-8-16(23)21(14)24/h2-10,12,17-18,26-27H,11H2,1H3,(H,28,29)/b25-12+. The Morgan fingerprint density at radius 2 is 1.97 bits per heavy atom. The Balaban J connectivity index is 1.47. The van der Waals surface area contributed by atoms with Gasteiger partial charge in [-0.3, -0.25) is 4.79 Å². The van der Waals surface area contributed by atoms with Crippen molar-refractivity contribution in [2.45, 2.75) is 18.5 Å². The molecule has 6 nitrogen and oxygen atoms in total. The van der Waals surface area contributed by atoms with Crippen LogP contribution in [0.3, 0.4) is 0 Å². The normalized spacial score (nSPS) is 18.8. The number of nitrogens with zero attached hydrogens (tertiary/aromatic N) is 1. The Kier molecular flexibility index (Phi) is 6.20. The number of hydrogen-bond donors (Lipinski definition) is 3. The number of amides is 1. The number of ether oxygens (including phenoxy) is 1. The molecule has 154 valence electrons. The summed E-state index contributed by atoms with van der Waals surface area (Å²) in [5.74, 6) is 0.529. The quantitative estimate of drug-likeness (QED) is 0.408. The van der Waals surface area contributed by atoms with E-state index in [-0.39, 0.29) is 11.9 Å². The van der Waals surface area contributed by atoms with E-state index in [0.717, 1.165) is 22.1 Å². The third kappa shape index (κ3) is 4.13. The fourth-order valence-electron chi connectivity index (χ4n) is 3.59. The van der Waals surface area contributed by atoms with E-state index >= 15 is 0 Å². The monoisotopic (exact) mass is 442 g/mol. The zero-order valence-corrected chi connectivity index (χ0v) is 17.7. The molecule has 0 spiro atoms. The number of methoxy groups -OCH3 is 1. The van der Waals surface area contributed by atoms with Gasteiger partial charge in [0.2, 0.25) is 0 Å². The van der Waals surface area contributed by atoms with Gasteiger partial charge in [-0.2, -0.15) is 5.10 Å². The van der Waals surface area contributed by atoms with E-state index in [1.165, 1.54) is 6.21 Å². The summed E-state index contributed by atoms with van der Waals surface area (Å²) in [7, 11) is 1.65. The average Bonchev–Trinajstić information content (AvgIpc) is 3.25. The van der Waals surface area contributed by atoms with Gasteiger partial charge < -0.3 is 4.74 Å². The second kappa shape index (κ2) is 9.02. The molecule has 2 unspecified atom stereocenters. The first kappa shape index (κ1) is 20.6. The van der Waals surface area contributed by atoms with Crippen molar-refractivity contribution in [3.63, 3.8) is 0 Å². The molecular formula is C22H20Cl2N4O2. The first-order valence-corrected chi connectivity index (χ1v) is 10.2. The van der Waals surface area contributed by atoms with Crippen molar-refractivity contribution in [1.29, 1.82) is 0 Å². The van der Waals surface area contributed by atoms with Crippen LogP contribution in [-0.4, -0.2) is 25.3 Å². The minimum Gasteiger partial charge on any atom is -0.496 e. The molecule has 3 aromatic carbocycles. The van der Waals surface area contributed by atoms with Crippen LogP contribution in [0.5, 0.6) is 5.75 Å². The number of hydrazone groups is 1. The minimum absolute atomic E-state index is 0.0897. The van der Waals surface area contributed by atoms with E-state index < -0.39 is 6.04 Å². The fraction of sp³-hybridized carbons (Fsp3) is 0.182. The molecule has 3 N–H and O–H groups in total. The molecule has 0 bridgehead atoms. The van der Waals surface area contributed by atoms with Gasteiger partial charge in [0.1, 0.15) is 11.8 Å². The molecule has 0 aromatic heterocycles. The van der Waals surface area contributed by atoms with E-state index in [9.17, 15) is 4.79 Å². The Morgan fingerprint density at radius 1 is 1.13 bits per heavy atom. The fourth-order valence-corrected chi connectivity index (χ4v) is 3.95. The molecule has 1 aliphatic rings. The van der Waals surface area contributed by atoms with Crippen molar-refractivity contribution >= 4 is 46.1 Å². The van der Waals surface area contributed by atoms with E-state index in [1.807, 2.05) is 24.3 Å². The molecule has 30 heavy (non-hydrogen) atoms. The van der Waals surface area contributed by atoms with E-state index in [4.69, 9.17) is 27.9 Å². The molecule has 1 amide bonds. The highest BCUT2D eigenvalue weighted by molar-refractivity contribution is 6.43. The zero-order chi connectivity index (χ0) is 21.1. The molecule has 1 fully saturated rings. The van der Waals surface area contributed by atoms with Gasteiger partial charge in [0.15, 0.2) is 0 Å². The highest BCUT2D eigenvalue weighted by Crippen LogP contribution is 2.36. The Morgan fingerprint density at radius 3 is 2.80 bits per heavy atom. The van der Waals surface area contributed by atoms with Gasteiger partial charge in [-0.05, 0) is 29.3 Å². The molecule has 3 aromatic rings. The number of benzene rings is 3. The Hall–Kier alpha value is -2.64. The predicted molar refractivity (Wildman–Crippen MR) is 120 cm³/mol. The summed E-state index contributed by atoms with van der Waals surface area (Å²) in [6.07, 6.45) is 2.02. The molecule has 8 heteroatoms. The largest absolute Gasteiger partial charge is 0.496 e. The first-order valence-electron chi connectivity index (χ1n) is 9.42. The van der Waals surface area contributed by atoms with Crippen LogP contribution in [0.15, 0.2) is 59.7 Å². The number of hydrazine groups is 1. The number of rotatable bonds is 5. The van der Waals surface area contributed by atoms with Gasteiger partial charge in [-0.25, -0.2) is 16.3 Å². The second-order valence-electron chi connectivity index (χ2n) is 6.91. The van der Waals surface area contributed by atoms with Gasteiger partial charge in [0.25, 0.3) is 5.91 Å². The Labute approximate surface area is 184 Å². The lowest BCUT2D eigenvalue weighted by Crippen LogP contribution is -2.41. The minimum atomic E-state index is -0.453. The molecule has 0 radical (unpaired) electrons. The lowest BCUT2D eigenvalue weighted by atomic mass is 9.95. The van der Waals surface area contributed by atoms with Crippen molar-refractivity contribution < 1.29 is 9.53 Å². The van der Waals surface area contributed by atoms with Crippen LogP contribution in [0.25, 0.3) is 10.8 Å². The van der Waals surface area contributed by atoms with Gasteiger partial charge in [0.05, 0.1) is 29.4 Å². The number of halogens is 2. The van der Waals surface area contributed by atoms with Crippen LogP contribution in [0.4, 0.5) is 0 Å². The molecule has 0 saturated carbocycles. The number of hydrogen-bond acceptors (Lipinski definition) is 5. The van der Waals surface area contributed by atoms with Crippen molar-refractivity contribution in [1.82, 2.24) is 16.3 Å². The summed E-state index contributed by atoms with van der Waals surface area (Å²) < 4.78 is 5.58. The van der Waals surface area contributed by atoms with Crippen LogP contribution in [-0.2, 0) is 4.79 Å². The maximum absolute atomic E-state index is 12.6. The van der Waals surface area contributed by atoms with Gasteiger partial charge in [-0.15, -0.1) is 0 Å². The van der Waals surface area contributed by atoms with Crippen LogP contribution >= 0.6 is 23.2 Å². The maximum Gasteiger partial charge on any atom is 0.258 e. The van der Waals surface area contributed by atoms with E-state index in [0.29, 0.717) is 22.0 Å². The molecule has 4 rings (SSSR count). The lowest BCUT2D eigenvalue weighted by molar-refractivity contribution is -0.122.